The number of carbonyl (C=O) groups excluding carboxylic acids is 2. The average molecular weight is 324 g/mol. The number of nitrogens with zero attached hydrogens (tertiary/aromatic N) is 1. The van der Waals surface area contributed by atoms with E-state index in [-0.39, 0.29) is 24.2 Å². The number of hydrogen-bond acceptors (Lipinski definition) is 3. The summed E-state index contributed by atoms with van der Waals surface area (Å²) in [6.07, 6.45) is 0.226. The minimum absolute atomic E-state index is 0.0184. The smallest absolute Gasteiger partial charge is 0.229 e. The Morgan fingerprint density at radius 3 is 2.75 bits per heavy atom. The lowest BCUT2D eigenvalue weighted by atomic mass is 10.1. The van der Waals surface area contributed by atoms with Crippen LogP contribution in [0.5, 0.6) is 5.75 Å². The van der Waals surface area contributed by atoms with E-state index in [0.29, 0.717) is 18.0 Å². The summed E-state index contributed by atoms with van der Waals surface area (Å²) >= 11 is 0. The molecule has 2 aromatic carbocycles. The third-order valence-electron chi connectivity index (χ3n) is 4.24. The van der Waals surface area contributed by atoms with Crippen LogP contribution >= 0.6 is 0 Å². The molecule has 0 saturated carbocycles. The van der Waals surface area contributed by atoms with Crippen LogP contribution in [-0.4, -0.2) is 25.5 Å². The summed E-state index contributed by atoms with van der Waals surface area (Å²) in [6, 6.07) is 14.9. The van der Waals surface area contributed by atoms with Gasteiger partial charge in [0.1, 0.15) is 5.75 Å². The van der Waals surface area contributed by atoms with Gasteiger partial charge in [0.25, 0.3) is 0 Å². The molecule has 0 aromatic heterocycles. The summed E-state index contributed by atoms with van der Waals surface area (Å²) in [5.74, 6) is 0.155. The molecule has 0 aliphatic carbocycles. The highest BCUT2D eigenvalue weighted by molar-refractivity contribution is 6.03. The second-order valence-electron chi connectivity index (χ2n) is 5.91. The Labute approximate surface area is 141 Å². The van der Waals surface area contributed by atoms with Crippen molar-refractivity contribution in [2.45, 2.75) is 13.3 Å². The normalized spacial score (nSPS) is 17.0. The van der Waals surface area contributed by atoms with Crippen LogP contribution in [0.15, 0.2) is 48.5 Å². The first-order chi connectivity index (χ1) is 11.6. The van der Waals surface area contributed by atoms with Crippen LogP contribution in [0, 0.1) is 12.8 Å². The molecule has 0 bridgehead atoms. The number of aryl methyl sites for hydroxylation is 1. The first-order valence-corrected chi connectivity index (χ1v) is 7.89. The predicted molar refractivity (Wildman–Crippen MR) is 93.3 cm³/mol. The number of carbonyl (C=O) groups is 2. The van der Waals surface area contributed by atoms with Gasteiger partial charge < -0.3 is 15.0 Å². The van der Waals surface area contributed by atoms with Crippen molar-refractivity contribution in [2.24, 2.45) is 5.92 Å². The maximum absolute atomic E-state index is 12.5. The fourth-order valence-electron chi connectivity index (χ4n) is 2.93. The number of benzene rings is 2. The second kappa shape index (κ2) is 6.74. The zero-order chi connectivity index (χ0) is 17.1. The maximum atomic E-state index is 12.5. The minimum atomic E-state index is -0.358. The summed E-state index contributed by atoms with van der Waals surface area (Å²) in [4.78, 5) is 26.5. The molecule has 1 aliphatic rings. The van der Waals surface area contributed by atoms with Crippen molar-refractivity contribution in [2.75, 3.05) is 23.9 Å². The number of methoxy groups -OCH3 is 1. The quantitative estimate of drug-likeness (QED) is 0.940. The molecule has 124 valence electrons. The number of rotatable bonds is 4. The third-order valence-corrected chi connectivity index (χ3v) is 4.24. The Morgan fingerprint density at radius 1 is 1.21 bits per heavy atom. The third kappa shape index (κ3) is 3.25. The van der Waals surface area contributed by atoms with Crippen molar-refractivity contribution < 1.29 is 14.3 Å². The van der Waals surface area contributed by atoms with Crippen LogP contribution in [0.3, 0.4) is 0 Å². The number of para-hydroxylation sites is 1. The largest absolute Gasteiger partial charge is 0.497 e. The number of nitrogens with one attached hydrogen (secondary N) is 1. The summed E-state index contributed by atoms with van der Waals surface area (Å²) in [7, 11) is 1.58. The average Bonchev–Trinajstić information content (AvgIpc) is 2.97. The molecule has 0 unspecified atom stereocenters. The first-order valence-electron chi connectivity index (χ1n) is 7.89. The monoisotopic (exact) mass is 324 g/mol. The van der Waals surface area contributed by atoms with Gasteiger partial charge in [0.05, 0.1) is 13.0 Å². The van der Waals surface area contributed by atoms with E-state index in [0.717, 1.165) is 11.3 Å². The molecule has 0 radical (unpaired) electrons. The van der Waals surface area contributed by atoms with Gasteiger partial charge in [0.2, 0.25) is 11.8 Å². The van der Waals surface area contributed by atoms with E-state index in [9.17, 15) is 9.59 Å². The number of anilines is 2. The molecule has 1 N–H and O–H groups in total. The zero-order valence-electron chi connectivity index (χ0n) is 13.8. The van der Waals surface area contributed by atoms with Gasteiger partial charge in [-0.2, -0.15) is 0 Å². The Balaban J connectivity index is 1.71. The van der Waals surface area contributed by atoms with Gasteiger partial charge in [0, 0.05) is 30.4 Å². The Bertz CT molecular complexity index is 773. The van der Waals surface area contributed by atoms with Crippen molar-refractivity contribution in [1.29, 1.82) is 0 Å². The van der Waals surface area contributed by atoms with Gasteiger partial charge >= 0.3 is 0 Å². The highest BCUT2D eigenvalue weighted by atomic mass is 16.5. The summed E-state index contributed by atoms with van der Waals surface area (Å²) in [5.41, 5.74) is 2.57. The molecule has 2 amide bonds. The van der Waals surface area contributed by atoms with E-state index in [1.807, 2.05) is 43.3 Å². The van der Waals surface area contributed by atoms with Gasteiger partial charge in [0.15, 0.2) is 0 Å². The lowest BCUT2D eigenvalue weighted by Crippen LogP contribution is -2.28. The van der Waals surface area contributed by atoms with Crippen molar-refractivity contribution >= 4 is 23.2 Å². The van der Waals surface area contributed by atoms with E-state index >= 15 is 0 Å². The van der Waals surface area contributed by atoms with Crippen molar-refractivity contribution in [3.8, 4) is 5.75 Å². The number of hydrogen-bond donors (Lipinski definition) is 1. The summed E-state index contributed by atoms with van der Waals surface area (Å²) in [5, 5.41) is 2.87. The van der Waals surface area contributed by atoms with Crippen LogP contribution < -0.4 is 15.0 Å². The Hall–Kier alpha value is -2.82. The van der Waals surface area contributed by atoms with Gasteiger partial charge in [-0.1, -0.05) is 24.3 Å². The molecular formula is C19H20N2O3. The van der Waals surface area contributed by atoms with Gasteiger partial charge in [-0.25, -0.2) is 0 Å². The van der Waals surface area contributed by atoms with Crippen LogP contribution in [0.25, 0.3) is 0 Å². The van der Waals surface area contributed by atoms with Crippen LogP contribution in [0.4, 0.5) is 11.4 Å². The molecule has 2 aromatic rings. The Morgan fingerprint density at radius 2 is 2.00 bits per heavy atom. The second-order valence-corrected chi connectivity index (χ2v) is 5.91. The van der Waals surface area contributed by atoms with Crippen molar-refractivity contribution in [3.05, 3.63) is 54.1 Å². The molecule has 5 heteroatoms. The highest BCUT2D eigenvalue weighted by Crippen LogP contribution is 2.28. The molecule has 0 spiro atoms. The molecule has 1 aliphatic heterocycles. The van der Waals surface area contributed by atoms with Gasteiger partial charge in [-0.05, 0) is 30.7 Å². The molecule has 5 nitrogen and oxygen atoms in total. The van der Waals surface area contributed by atoms with Gasteiger partial charge in [-0.3, -0.25) is 9.59 Å². The number of ether oxygens (including phenoxy) is 1. The standard InChI is InChI=1S/C19H20N2O3/c1-13-6-3-4-9-17(13)21-12-14(10-18(21)22)19(23)20-15-7-5-8-16(11-15)24-2/h3-9,11,14H,10,12H2,1-2H3,(H,20,23)/t14-/m0/s1. The fraction of sp³-hybridized carbons (Fsp3) is 0.263. The molecule has 1 heterocycles. The lowest BCUT2D eigenvalue weighted by molar-refractivity contribution is -0.122. The van der Waals surface area contributed by atoms with Crippen LogP contribution in [0.2, 0.25) is 0 Å². The SMILES string of the molecule is COc1cccc(NC(=O)[C@H]2CC(=O)N(c3ccccc3C)C2)c1. The molecule has 1 fully saturated rings. The molecule has 1 atom stereocenters. The highest BCUT2D eigenvalue weighted by Gasteiger charge is 2.35. The first kappa shape index (κ1) is 16.1. The lowest BCUT2D eigenvalue weighted by Gasteiger charge is -2.19. The molecular weight excluding hydrogens is 304 g/mol. The Kier molecular flexibility index (Phi) is 4.51. The van der Waals surface area contributed by atoms with Crippen molar-refractivity contribution in [3.63, 3.8) is 0 Å². The van der Waals surface area contributed by atoms with E-state index in [2.05, 4.69) is 5.32 Å². The van der Waals surface area contributed by atoms with E-state index in [1.165, 1.54) is 0 Å². The minimum Gasteiger partial charge on any atom is -0.497 e. The summed E-state index contributed by atoms with van der Waals surface area (Å²) < 4.78 is 5.15. The summed E-state index contributed by atoms with van der Waals surface area (Å²) in [6.45, 7) is 2.37. The van der Waals surface area contributed by atoms with E-state index < -0.39 is 0 Å². The number of amides is 2. The van der Waals surface area contributed by atoms with Crippen molar-refractivity contribution in [1.82, 2.24) is 0 Å². The van der Waals surface area contributed by atoms with E-state index in [1.54, 1.807) is 24.1 Å². The van der Waals surface area contributed by atoms with E-state index in [4.69, 9.17) is 4.74 Å². The maximum Gasteiger partial charge on any atom is 0.229 e. The molecule has 24 heavy (non-hydrogen) atoms. The van der Waals surface area contributed by atoms with Crippen LogP contribution in [0.1, 0.15) is 12.0 Å². The van der Waals surface area contributed by atoms with Crippen LogP contribution in [-0.2, 0) is 9.59 Å². The zero-order valence-corrected chi connectivity index (χ0v) is 13.8. The topological polar surface area (TPSA) is 58.6 Å². The molecule has 3 rings (SSSR count). The predicted octanol–water partition coefficient (Wildman–Crippen LogP) is 3.00. The molecule has 1 saturated heterocycles. The van der Waals surface area contributed by atoms with Gasteiger partial charge in [-0.15, -0.1) is 0 Å². The fourth-order valence-corrected chi connectivity index (χ4v) is 2.93.